The number of carbonyl (C=O) groups is 4. The molecule has 8 heteroatoms. The maximum Gasteiger partial charge on any atom is 0.273 e. The highest BCUT2D eigenvalue weighted by molar-refractivity contribution is 6.42. The van der Waals surface area contributed by atoms with Crippen LogP contribution in [0.3, 0.4) is 0 Å². The summed E-state index contributed by atoms with van der Waals surface area (Å²) in [6.07, 6.45) is 5.17. The lowest BCUT2D eigenvalue weighted by Crippen LogP contribution is -2.52. The molecule has 1 aliphatic heterocycles. The normalized spacial score (nSPS) is 29.7. The number of amides is 3. The molecule has 6 nitrogen and oxygen atoms in total. The minimum absolute atomic E-state index is 0.00572. The van der Waals surface area contributed by atoms with Crippen molar-refractivity contribution in [3.63, 3.8) is 0 Å². The first-order valence-electron chi connectivity index (χ1n) is 11.7. The lowest BCUT2D eigenvalue weighted by molar-refractivity contribution is -0.154. The fraction of sp³-hybridized carbons (Fsp3) is 0.333. The SMILES string of the molecule is Cc1ccc(C(=O)CN(C(=O)c2ccc(Cl)c(Cl)c2)N2C(=O)[C@@H]3[C@H]4C=C[C@@H]([C@@H]5C[C@H]45)[C@@H]3C2=O)cc1. The highest BCUT2D eigenvalue weighted by atomic mass is 35.5. The lowest BCUT2D eigenvalue weighted by atomic mass is 9.63. The molecule has 35 heavy (non-hydrogen) atoms. The average molecular weight is 509 g/mol. The van der Waals surface area contributed by atoms with Crippen LogP contribution in [0, 0.1) is 42.4 Å². The van der Waals surface area contributed by atoms with Crippen molar-refractivity contribution in [1.29, 1.82) is 0 Å². The van der Waals surface area contributed by atoms with Crippen molar-refractivity contribution < 1.29 is 19.2 Å². The summed E-state index contributed by atoms with van der Waals surface area (Å²) in [5.41, 5.74) is 1.51. The van der Waals surface area contributed by atoms with E-state index in [9.17, 15) is 19.2 Å². The molecule has 4 aliphatic carbocycles. The summed E-state index contributed by atoms with van der Waals surface area (Å²) in [5.74, 6) is -1.96. The monoisotopic (exact) mass is 508 g/mol. The summed E-state index contributed by atoms with van der Waals surface area (Å²) in [5, 5.41) is 2.36. The molecule has 3 amide bonds. The van der Waals surface area contributed by atoms with Gasteiger partial charge in [-0.2, -0.15) is 5.01 Å². The Morgan fingerprint density at radius 1 is 0.886 bits per heavy atom. The molecule has 0 aromatic heterocycles. The number of Topliss-reactive ketones (excluding diaryl/α,β-unsaturated/α-hetero) is 1. The summed E-state index contributed by atoms with van der Waals surface area (Å²) < 4.78 is 0. The van der Waals surface area contributed by atoms with Crippen LogP contribution in [0.5, 0.6) is 0 Å². The van der Waals surface area contributed by atoms with Crippen LogP contribution in [-0.4, -0.2) is 40.1 Å². The Hall–Kier alpha value is -2.96. The first kappa shape index (κ1) is 22.5. The zero-order valence-electron chi connectivity index (χ0n) is 18.9. The van der Waals surface area contributed by atoms with E-state index in [4.69, 9.17) is 23.2 Å². The molecule has 2 aromatic carbocycles. The Kier molecular flexibility index (Phi) is 5.17. The number of aryl methyl sites for hydroxylation is 1. The summed E-state index contributed by atoms with van der Waals surface area (Å²) in [7, 11) is 0. The van der Waals surface area contributed by atoms with Gasteiger partial charge in [-0.05, 0) is 55.2 Å². The van der Waals surface area contributed by atoms with E-state index >= 15 is 0 Å². The average Bonchev–Trinajstić information content (AvgIpc) is 3.63. The molecule has 7 rings (SSSR count). The van der Waals surface area contributed by atoms with Crippen molar-refractivity contribution in [1.82, 2.24) is 10.0 Å². The number of hydrogen-bond acceptors (Lipinski definition) is 4. The molecule has 2 saturated carbocycles. The summed E-state index contributed by atoms with van der Waals surface area (Å²) in [6, 6.07) is 11.3. The van der Waals surface area contributed by atoms with Crippen molar-refractivity contribution in [3.05, 3.63) is 81.4 Å². The third-order valence-electron chi connectivity index (χ3n) is 7.95. The number of carbonyl (C=O) groups excluding carboxylic acids is 4. The van der Waals surface area contributed by atoms with Gasteiger partial charge < -0.3 is 0 Å². The van der Waals surface area contributed by atoms with E-state index in [1.807, 2.05) is 6.92 Å². The molecule has 2 aromatic rings. The van der Waals surface area contributed by atoms with Gasteiger partial charge in [-0.1, -0.05) is 65.2 Å². The van der Waals surface area contributed by atoms with E-state index in [1.165, 1.54) is 18.2 Å². The van der Waals surface area contributed by atoms with Crippen molar-refractivity contribution >= 4 is 46.7 Å². The van der Waals surface area contributed by atoms with E-state index in [2.05, 4.69) is 12.2 Å². The molecular weight excluding hydrogens is 487 g/mol. The van der Waals surface area contributed by atoms with E-state index < -0.39 is 36.1 Å². The number of imide groups is 1. The minimum Gasteiger partial charge on any atom is -0.292 e. The van der Waals surface area contributed by atoms with Gasteiger partial charge in [-0.25, -0.2) is 5.01 Å². The third kappa shape index (κ3) is 3.46. The highest BCUT2D eigenvalue weighted by Crippen LogP contribution is 2.65. The Morgan fingerprint density at radius 3 is 2.03 bits per heavy atom. The zero-order chi connectivity index (χ0) is 24.6. The highest BCUT2D eigenvalue weighted by Gasteiger charge is 2.68. The Bertz CT molecular complexity index is 1280. The third-order valence-corrected chi connectivity index (χ3v) is 8.69. The Labute approximate surface area is 212 Å². The Balaban J connectivity index is 1.37. The van der Waals surface area contributed by atoms with Gasteiger partial charge in [0.1, 0.15) is 6.54 Å². The second kappa shape index (κ2) is 8.04. The van der Waals surface area contributed by atoms with Crippen LogP contribution in [0.25, 0.3) is 0 Å². The molecule has 1 saturated heterocycles. The van der Waals surface area contributed by atoms with Crippen molar-refractivity contribution in [3.8, 4) is 0 Å². The molecule has 1 heterocycles. The first-order valence-corrected chi connectivity index (χ1v) is 12.4. The van der Waals surface area contributed by atoms with E-state index in [0.29, 0.717) is 17.4 Å². The van der Waals surface area contributed by atoms with Gasteiger partial charge in [0, 0.05) is 11.1 Å². The van der Waals surface area contributed by atoms with Crippen molar-refractivity contribution in [2.45, 2.75) is 13.3 Å². The molecule has 6 atom stereocenters. The zero-order valence-corrected chi connectivity index (χ0v) is 20.4. The summed E-state index contributed by atoms with van der Waals surface area (Å²) >= 11 is 12.2. The number of nitrogens with zero attached hydrogens (tertiary/aromatic N) is 2. The largest absolute Gasteiger partial charge is 0.292 e. The predicted molar refractivity (Wildman–Crippen MR) is 130 cm³/mol. The van der Waals surface area contributed by atoms with Gasteiger partial charge in [-0.3, -0.25) is 19.2 Å². The van der Waals surface area contributed by atoms with Gasteiger partial charge in [0.25, 0.3) is 17.7 Å². The predicted octanol–water partition coefficient (Wildman–Crippen LogP) is 4.60. The number of ketones is 1. The molecule has 0 N–H and O–H groups in total. The van der Waals surface area contributed by atoms with E-state index in [-0.39, 0.29) is 33.2 Å². The summed E-state index contributed by atoms with van der Waals surface area (Å²) in [4.78, 5) is 54.2. The van der Waals surface area contributed by atoms with Crippen LogP contribution in [0.1, 0.15) is 32.7 Å². The van der Waals surface area contributed by atoms with Crippen LogP contribution < -0.4 is 0 Å². The number of hydrogen-bond donors (Lipinski definition) is 0. The quantitative estimate of drug-likeness (QED) is 0.336. The number of rotatable bonds is 5. The van der Waals surface area contributed by atoms with Gasteiger partial charge >= 0.3 is 0 Å². The van der Waals surface area contributed by atoms with Crippen molar-refractivity contribution in [2.75, 3.05) is 6.54 Å². The minimum atomic E-state index is -0.658. The number of allylic oxidation sites excluding steroid dienone is 2. The number of benzene rings is 2. The first-order chi connectivity index (χ1) is 16.8. The van der Waals surface area contributed by atoms with Crippen LogP contribution in [-0.2, 0) is 9.59 Å². The lowest BCUT2D eigenvalue weighted by Gasteiger charge is -2.37. The van der Waals surface area contributed by atoms with Crippen LogP contribution >= 0.6 is 23.2 Å². The molecule has 178 valence electrons. The molecule has 5 aliphatic rings. The molecule has 2 bridgehead atoms. The van der Waals surface area contributed by atoms with Gasteiger partial charge in [0.15, 0.2) is 5.78 Å². The summed E-state index contributed by atoms with van der Waals surface area (Å²) in [6.45, 7) is 1.46. The molecular formula is C27H22Cl2N2O4. The fourth-order valence-corrected chi connectivity index (χ4v) is 6.46. The van der Waals surface area contributed by atoms with Crippen LogP contribution in [0.15, 0.2) is 54.6 Å². The second-order valence-electron chi connectivity index (χ2n) is 9.92. The maximum atomic E-state index is 13.7. The fourth-order valence-electron chi connectivity index (χ4n) is 6.16. The van der Waals surface area contributed by atoms with Crippen molar-refractivity contribution in [2.24, 2.45) is 35.5 Å². The van der Waals surface area contributed by atoms with Gasteiger partial charge in [0.2, 0.25) is 0 Å². The second-order valence-corrected chi connectivity index (χ2v) is 10.7. The van der Waals surface area contributed by atoms with E-state index in [0.717, 1.165) is 22.0 Å². The Morgan fingerprint density at radius 2 is 1.46 bits per heavy atom. The topological polar surface area (TPSA) is 74.8 Å². The van der Waals surface area contributed by atoms with Crippen LogP contribution in [0.2, 0.25) is 10.0 Å². The van der Waals surface area contributed by atoms with Gasteiger partial charge in [-0.15, -0.1) is 0 Å². The smallest absolute Gasteiger partial charge is 0.273 e. The van der Waals surface area contributed by atoms with E-state index in [1.54, 1.807) is 24.3 Å². The number of halogens is 2. The van der Waals surface area contributed by atoms with Gasteiger partial charge in [0.05, 0.1) is 21.9 Å². The van der Waals surface area contributed by atoms with Crippen LogP contribution in [0.4, 0.5) is 0 Å². The number of hydrazine groups is 1. The molecule has 0 unspecified atom stereocenters. The maximum absolute atomic E-state index is 13.7. The standard InChI is InChI=1S/C27H22Cl2N2O4/c1-13-2-4-14(5-3-13)22(32)12-30(25(33)15-6-9-20(28)21(29)10-15)31-26(34)23-16-7-8-17(19-11-18(16)19)24(23)27(31)35/h2-10,16-19,23-24H,11-12H2,1H3/t16-,17-,18-,19+,23-,24+/m0/s1. The molecule has 3 fully saturated rings. The molecule has 0 radical (unpaired) electrons. The molecule has 0 spiro atoms.